The molecule has 0 aliphatic carbocycles. The number of nitro groups is 1. The summed E-state index contributed by atoms with van der Waals surface area (Å²) in [4.78, 5) is 8.95. The molecule has 0 bridgehead atoms. The molecule has 0 radical (unpaired) electrons. The molecule has 1 aromatic heterocycles. The maximum atomic E-state index is 10.4. The van der Waals surface area contributed by atoms with E-state index in [1.165, 1.54) is 7.05 Å². The summed E-state index contributed by atoms with van der Waals surface area (Å²) in [6.07, 6.45) is 1.07. The van der Waals surface area contributed by atoms with Crippen LogP contribution in [0, 0.1) is 10.1 Å². The average molecular weight is 213 g/mol. The summed E-state index contributed by atoms with van der Waals surface area (Å²) in [6, 6.07) is 0. The first-order chi connectivity index (χ1) is 5.52. The Morgan fingerprint density at radius 3 is 2.54 bits per heavy atom. The number of nitrogens with zero attached hydrogens (tertiary/aromatic N) is 3. The van der Waals surface area contributed by atoms with E-state index in [4.69, 9.17) is 0 Å². The van der Waals surface area contributed by atoms with E-state index in [-0.39, 0.29) is 29.6 Å². The second-order valence-electron chi connectivity index (χ2n) is 1.98. The van der Waals surface area contributed by atoms with E-state index in [0.29, 0.717) is 0 Å². The first-order valence-corrected chi connectivity index (χ1v) is 3.87. The van der Waals surface area contributed by atoms with Crippen molar-refractivity contribution in [3.05, 3.63) is 16.3 Å². The van der Waals surface area contributed by atoms with Crippen molar-refractivity contribution < 1.29 is 43.2 Å². The Balaban J connectivity index is 0.00000144. The molecule has 0 fully saturated rings. The van der Waals surface area contributed by atoms with Gasteiger partial charge in [-0.2, -0.15) is 4.68 Å². The molecule has 1 atom stereocenters. The number of hydrogen-bond acceptors (Lipinski definition) is 5. The minimum absolute atomic E-state index is 0. The summed E-state index contributed by atoms with van der Waals surface area (Å²) in [7, 11) is 1.41. The summed E-state index contributed by atoms with van der Waals surface area (Å²) in [6.45, 7) is 0. The van der Waals surface area contributed by atoms with E-state index in [1.807, 2.05) is 0 Å². The van der Waals surface area contributed by atoms with Crippen molar-refractivity contribution in [2.45, 2.75) is 4.90 Å². The zero-order valence-electron chi connectivity index (χ0n) is 6.96. The summed E-state index contributed by atoms with van der Waals surface area (Å²) in [5, 5.41) is 13.6. The van der Waals surface area contributed by atoms with Crippen LogP contribution in [0.3, 0.4) is 0 Å². The fourth-order valence-corrected chi connectivity index (χ4v) is 1.20. The van der Waals surface area contributed by atoms with Gasteiger partial charge in [0.2, 0.25) is 0 Å². The first kappa shape index (κ1) is 12.7. The number of aromatic nitrogens is 2. The van der Waals surface area contributed by atoms with Gasteiger partial charge in [-0.1, -0.05) is 0 Å². The largest absolute Gasteiger partial charge is 1.00 e. The monoisotopic (exact) mass is 213 g/mol. The van der Waals surface area contributed by atoms with E-state index < -0.39 is 26.7 Å². The van der Waals surface area contributed by atoms with Crippen LogP contribution in [0.2, 0.25) is 0 Å². The van der Waals surface area contributed by atoms with E-state index in [0.717, 1.165) is 10.9 Å². The van der Waals surface area contributed by atoms with Crippen molar-refractivity contribution in [2.24, 2.45) is 7.05 Å². The van der Waals surface area contributed by atoms with Gasteiger partial charge in [-0.05, 0) is 16.0 Å². The van der Waals surface area contributed by atoms with Crippen molar-refractivity contribution in [1.29, 1.82) is 0 Å². The van der Waals surface area contributed by atoms with E-state index in [9.17, 15) is 18.9 Å². The fourth-order valence-electron chi connectivity index (χ4n) is 0.699. The Labute approximate surface area is 97.8 Å². The number of aryl methyl sites for hydroxylation is 1. The SMILES string of the molecule is Cn1cc(S(=O)[O-])c([N+](=O)[O-])n1.[Na+]. The Hall–Kier alpha value is -0.280. The van der Waals surface area contributed by atoms with Crippen LogP contribution in [0.25, 0.3) is 0 Å². The van der Waals surface area contributed by atoms with Gasteiger partial charge < -0.3 is 14.7 Å². The summed E-state index contributed by atoms with van der Waals surface area (Å²) in [5.41, 5.74) is 0. The third-order valence-corrected chi connectivity index (χ3v) is 1.78. The number of hydrogen-bond donors (Lipinski definition) is 0. The van der Waals surface area contributed by atoms with Crippen LogP contribution >= 0.6 is 0 Å². The van der Waals surface area contributed by atoms with Gasteiger partial charge in [-0.15, -0.1) is 0 Å². The Morgan fingerprint density at radius 2 is 2.23 bits per heavy atom. The first-order valence-electron chi connectivity index (χ1n) is 2.79. The van der Waals surface area contributed by atoms with Gasteiger partial charge in [0, 0.05) is 0 Å². The maximum Gasteiger partial charge on any atom is 1.00 e. The van der Waals surface area contributed by atoms with Gasteiger partial charge >= 0.3 is 35.4 Å². The van der Waals surface area contributed by atoms with Crippen LogP contribution in [0.5, 0.6) is 0 Å². The van der Waals surface area contributed by atoms with Gasteiger partial charge in [0.25, 0.3) is 0 Å². The molecule has 0 saturated carbocycles. The Kier molecular flexibility index (Phi) is 4.71. The molecule has 1 aromatic rings. The quantitative estimate of drug-likeness (QED) is 0.220. The van der Waals surface area contributed by atoms with Gasteiger partial charge in [-0.25, -0.2) is 0 Å². The molecule has 0 spiro atoms. The molecule has 7 nitrogen and oxygen atoms in total. The minimum atomic E-state index is -2.62. The molecule has 66 valence electrons. The van der Waals surface area contributed by atoms with Crippen LogP contribution in [-0.4, -0.2) is 23.5 Å². The molecule has 0 amide bonds. The number of rotatable bonds is 2. The van der Waals surface area contributed by atoms with E-state index in [1.54, 1.807) is 0 Å². The predicted molar refractivity (Wildman–Crippen MR) is 37.0 cm³/mol. The van der Waals surface area contributed by atoms with E-state index in [2.05, 4.69) is 5.10 Å². The molecule has 9 heteroatoms. The topological polar surface area (TPSA) is 101 Å². The van der Waals surface area contributed by atoms with Gasteiger partial charge in [-0.3, -0.25) is 4.21 Å². The molecular weight excluding hydrogens is 209 g/mol. The molecule has 0 aliphatic heterocycles. The third-order valence-electron chi connectivity index (χ3n) is 1.13. The van der Waals surface area contributed by atoms with Crippen molar-refractivity contribution >= 4 is 16.9 Å². The van der Waals surface area contributed by atoms with Crippen molar-refractivity contribution in [3.63, 3.8) is 0 Å². The second-order valence-corrected chi connectivity index (χ2v) is 2.89. The maximum absolute atomic E-state index is 10.4. The minimum Gasteiger partial charge on any atom is -0.768 e. The normalized spacial score (nSPS) is 11.8. The smallest absolute Gasteiger partial charge is 0.768 e. The van der Waals surface area contributed by atoms with Crippen molar-refractivity contribution in [2.75, 3.05) is 0 Å². The van der Waals surface area contributed by atoms with Crippen LogP contribution in [0.1, 0.15) is 0 Å². The molecule has 0 aromatic carbocycles. The zero-order chi connectivity index (χ0) is 9.30. The summed E-state index contributed by atoms with van der Waals surface area (Å²) in [5.74, 6) is -0.647. The predicted octanol–water partition coefficient (Wildman–Crippen LogP) is -3.43. The molecule has 13 heavy (non-hydrogen) atoms. The average Bonchev–Trinajstić information content (AvgIpc) is 2.31. The van der Waals surface area contributed by atoms with Crippen molar-refractivity contribution in [3.8, 4) is 0 Å². The molecule has 0 aliphatic rings. The molecule has 1 rings (SSSR count). The summed E-state index contributed by atoms with van der Waals surface area (Å²) < 4.78 is 21.8. The van der Waals surface area contributed by atoms with Gasteiger partial charge in [0.15, 0.2) is 0 Å². The van der Waals surface area contributed by atoms with Crippen molar-refractivity contribution in [1.82, 2.24) is 9.78 Å². The zero-order valence-corrected chi connectivity index (χ0v) is 9.78. The van der Waals surface area contributed by atoms with Crippen LogP contribution < -0.4 is 29.6 Å². The fraction of sp³-hybridized carbons (Fsp3) is 0.250. The van der Waals surface area contributed by atoms with E-state index >= 15 is 0 Å². The summed E-state index contributed by atoms with van der Waals surface area (Å²) >= 11 is -2.62. The van der Waals surface area contributed by atoms with Crippen LogP contribution in [0.4, 0.5) is 5.82 Å². The molecule has 1 unspecified atom stereocenters. The Morgan fingerprint density at radius 1 is 1.69 bits per heavy atom. The van der Waals surface area contributed by atoms with Crippen LogP contribution in [-0.2, 0) is 18.1 Å². The van der Waals surface area contributed by atoms with Gasteiger partial charge in [0.05, 0.1) is 18.3 Å². The molecule has 0 saturated heterocycles. The van der Waals surface area contributed by atoms with Gasteiger partial charge in [0.1, 0.15) is 4.90 Å². The second kappa shape index (κ2) is 4.82. The van der Waals surface area contributed by atoms with Crippen LogP contribution in [0.15, 0.2) is 11.1 Å². The molecule has 0 N–H and O–H groups in total. The molecular formula is C4H4N3NaO4S. The molecule has 1 heterocycles. The Bertz CT molecular complexity index is 320. The third kappa shape index (κ3) is 2.85. The standard InChI is InChI=1S/C4H5N3O4S.Na/c1-6-2-3(12(10)11)4(5-6)7(8)9;/h2H,1H3,(H,10,11);/q;+1/p-1.